The normalized spacial score (nSPS) is 13.0. The molecule has 0 aliphatic heterocycles. The topological polar surface area (TPSA) is 24.4 Å². The first-order valence-electron chi connectivity index (χ1n) is 7.09. The van der Waals surface area contributed by atoms with Gasteiger partial charge in [0.25, 0.3) is 0 Å². The third kappa shape index (κ3) is 5.97. The van der Waals surface area contributed by atoms with Crippen LogP contribution in [0.25, 0.3) is 0 Å². The summed E-state index contributed by atoms with van der Waals surface area (Å²) >= 11 is 0. The van der Waals surface area contributed by atoms with Gasteiger partial charge in [-0.25, -0.2) is 0 Å². The molecule has 1 aromatic rings. The quantitative estimate of drug-likeness (QED) is 0.517. The summed E-state index contributed by atoms with van der Waals surface area (Å²) in [6.45, 7) is 3.21. The van der Waals surface area contributed by atoms with E-state index in [-0.39, 0.29) is 0 Å². The highest BCUT2D eigenvalue weighted by Gasteiger charge is 2.05. The lowest BCUT2D eigenvalue weighted by atomic mass is 10.0. The summed E-state index contributed by atoms with van der Waals surface area (Å²) < 4.78 is 0. The van der Waals surface area contributed by atoms with E-state index in [0.717, 1.165) is 13.0 Å². The minimum absolute atomic E-state index is 0.380. The molecule has 1 unspecified atom stereocenters. The molecular weight excluding hydrogens is 220 g/mol. The maximum atomic E-state index is 4.49. The van der Waals surface area contributed by atoms with E-state index in [4.69, 9.17) is 0 Å². The zero-order valence-electron chi connectivity index (χ0n) is 11.7. The van der Waals surface area contributed by atoms with Crippen molar-refractivity contribution < 1.29 is 0 Å². The van der Waals surface area contributed by atoms with E-state index in [1.807, 2.05) is 7.05 Å². The van der Waals surface area contributed by atoms with Gasteiger partial charge in [-0.05, 0) is 19.0 Å². The first kappa shape index (κ1) is 14.9. The molecule has 2 nitrogen and oxygen atoms in total. The fraction of sp³-hybridized carbons (Fsp3) is 0.562. The molecular formula is C16H26N2. The molecule has 0 radical (unpaired) electrons. The van der Waals surface area contributed by atoms with E-state index in [0.29, 0.717) is 6.04 Å². The highest BCUT2D eigenvalue weighted by Crippen LogP contribution is 2.14. The van der Waals surface area contributed by atoms with Gasteiger partial charge >= 0.3 is 0 Å². The first-order chi connectivity index (χ1) is 8.88. The number of unbranched alkanes of at least 4 members (excludes halogenated alkanes) is 3. The van der Waals surface area contributed by atoms with Gasteiger partial charge in [-0.3, -0.25) is 4.99 Å². The monoisotopic (exact) mass is 246 g/mol. The number of nitrogens with one attached hydrogen (secondary N) is 1. The molecule has 0 saturated carbocycles. The first-order valence-corrected chi connectivity index (χ1v) is 7.09. The van der Waals surface area contributed by atoms with Gasteiger partial charge in [0.15, 0.2) is 0 Å². The van der Waals surface area contributed by atoms with Crippen molar-refractivity contribution in [1.82, 2.24) is 5.32 Å². The summed E-state index contributed by atoms with van der Waals surface area (Å²) in [5.41, 5.74) is 1.33. The second-order valence-electron chi connectivity index (χ2n) is 4.64. The summed E-state index contributed by atoms with van der Waals surface area (Å²) in [6.07, 6.45) is 8.19. The average molecular weight is 246 g/mol. The zero-order valence-corrected chi connectivity index (χ0v) is 11.7. The lowest BCUT2D eigenvalue weighted by Gasteiger charge is -2.13. The van der Waals surface area contributed by atoms with E-state index in [9.17, 15) is 0 Å². The summed E-state index contributed by atoms with van der Waals surface area (Å²) in [5.74, 6) is 0. The Morgan fingerprint density at radius 2 is 1.94 bits per heavy atom. The SMILES string of the molecule is CCCCCCN=CCC(NC)c1ccccc1. The van der Waals surface area contributed by atoms with Crippen LogP contribution in [0.4, 0.5) is 0 Å². The van der Waals surface area contributed by atoms with Crippen LogP contribution in [-0.2, 0) is 0 Å². The number of hydrogen-bond donors (Lipinski definition) is 1. The fourth-order valence-electron chi connectivity index (χ4n) is 2.01. The van der Waals surface area contributed by atoms with Crippen LogP contribution in [0.5, 0.6) is 0 Å². The van der Waals surface area contributed by atoms with Crippen molar-refractivity contribution in [3.8, 4) is 0 Å². The summed E-state index contributed by atoms with van der Waals surface area (Å²) in [6, 6.07) is 10.9. The van der Waals surface area contributed by atoms with Crippen LogP contribution >= 0.6 is 0 Å². The van der Waals surface area contributed by atoms with Gasteiger partial charge in [0.1, 0.15) is 0 Å². The van der Waals surface area contributed by atoms with Gasteiger partial charge < -0.3 is 5.32 Å². The molecule has 0 spiro atoms. The van der Waals surface area contributed by atoms with Crippen LogP contribution < -0.4 is 5.32 Å². The largest absolute Gasteiger partial charge is 0.313 e. The zero-order chi connectivity index (χ0) is 13.1. The van der Waals surface area contributed by atoms with Gasteiger partial charge in [0.05, 0.1) is 0 Å². The van der Waals surface area contributed by atoms with Gasteiger partial charge in [-0.1, -0.05) is 56.5 Å². The second-order valence-corrected chi connectivity index (χ2v) is 4.64. The molecule has 0 aliphatic carbocycles. The number of hydrogen-bond acceptors (Lipinski definition) is 2. The Kier molecular flexibility index (Phi) is 8.15. The van der Waals surface area contributed by atoms with E-state index >= 15 is 0 Å². The van der Waals surface area contributed by atoms with Crippen molar-refractivity contribution in [2.24, 2.45) is 4.99 Å². The Morgan fingerprint density at radius 3 is 2.61 bits per heavy atom. The summed E-state index contributed by atoms with van der Waals surface area (Å²) in [7, 11) is 2.01. The van der Waals surface area contributed by atoms with Crippen LogP contribution in [0, 0.1) is 0 Å². The van der Waals surface area contributed by atoms with E-state index < -0.39 is 0 Å². The van der Waals surface area contributed by atoms with E-state index in [1.165, 1.54) is 31.2 Å². The molecule has 100 valence electrons. The van der Waals surface area contributed by atoms with Crippen LogP contribution in [0.1, 0.15) is 50.6 Å². The highest BCUT2D eigenvalue weighted by atomic mass is 14.9. The lowest BCUT2D eigenvalue weighted by molar-refractivity contribution is 0.619. The standard InChI is InChI=1S/C16H26N2/c1-3-4-5-9-13-18-14-12-16(17-2)15-10-7-6-8-11-15/h6-8,10-11,14,16-17H,3-5,9,12-13H2,1-2H3. The minimum Gasteiger partial charge on any atom is -0.313 e. The summed E-state index contributed by atoms with van der Waals surface area (Å²) in [5, 5.41) is 3.34. The van der Waals surface area contributed by atoms with Crippen molar-refractivity contribution in [3.63, 3.8) is 0 Å². The second kappa shape index (κ2) is 9.84. The molecule has 0 aromatic heterocycles. The number of benzene rings is 1. The van der Waals surface area contributed by atoms with Crippen LogP contribution in [-0.4, -0.2) is 19.8 Å². The molecule has 0 heterocycles. The average Bonchev–Trinajstić information content (AvgIpc) is 2.43. The predicted molar refractivity (Wildman–Crippen MR) is 80.4 cm³/mol. The Bertz CT molecular complexity index is 319. The van der Waals surface area contributed by atoms with Crippen LogP contribution in [0.3, 0.4) is 0 Å². The molecule has 18 heavy (non-hydrogen) atoms. The van der Waals surface area contributed by atoms with Crippen molar-refractivity contribution >= 4 is 6.21 Å². The van der Waals surface area contributed by atoms with E-state index in [2.05, 4.69) is 53.8 Å². The third-order valence-electron chi connectivity index (χ3n) is 3.16. The maximum absolute atomic E-state index is 4.49. The van der Waals surface area contributed by atoms with Crippen LogP contribution in [0.15, 0.2) is 35.3 Å². The summed E-state index contributed by atoms with van der Waals surface area (Å²) in [4.78, 5) is 4.49. The van der Waals surface area contributed by atoms with Crippen molar-refractivity contribution in [1.29, 1.82) is 0 Å². The van der Waals surface area contributed by atoms with Crippen molar-refractivity contribution in [2.75, 3.05) is 13.6 Å². The van der Waals surface area contributed by atoms with Crippen LogP contribution in [0.2, 0.25) is 0 Å². The smallest absolute Gasteiger partial charge is 0.0385 e. The van der Waals surface area contributed by atoms with Crippen molar-refractivity contribution in [3.05, 3.63) is 35.9 Å². The molecule has 0 amide bonds. The van der Waals surface area contributed by atoms with E-state index in [1.54, 1.807) is 0 Å². The third-order valence-corrected chi connectivity index (χ3v) is 3.16. The molecule has 1 N–H and O–H groups in total. The molecule has 1 rings (SSSR count). The van der Waals surface area contributed by atoms with Gasteiger partial charge in [0.2, 0.25) is 0 Å². The maximum Gasteiger partial charge on any atom is 0.0385 e. The molecule has 1 atom stereocenters. The predicted octanol–water partition coefficient (Wildman–Crippen LogP) is 3.99. The lowest BCUT2D eigenvalue weighted by Crippen LogP contribution is -2.16. The van der Waals surface area contributed by atoms with Crippen molar-refractivity contribution in [2.45, 2.75) is 45.1 Å². The number of rotatable bonds is 9. The van der Waals surface area contributed by atoms with Gasteiger partial charge in [0, 0.05) is 25.2 Å². The Hall–Kier alpha value is -1.15. The molecule has 2 heteroatoms. The van der Waals surface area contributed by atoms with Gasteiger partial charge in [-0.2, -0.15) is 0 Å². The number of nitrogens with zero attached hydrogens (tertiary/aromatic N) is 1. The molecule has 0 aliphatic rings. The Balaban J connectivity index is 2.25. The molecule has 0 fully saturated rings. The molecule has 0 saturated heterocycles. The highest BCUT2D eigenvalue weighted by molar-refractivity contribution is 5.58. The fourth-order valence-corrected chi connectivity index (χ4v) is 2.01. The molecule has 1 aromatic carbocycles. The minimum atomic E-state index is 0.380. The number of aliphatic imine (C=N–C) groups is 1. The van der Waals surface area contributed by atoms with Gasteiger partial charge in [-0.15, -0.1) is 0 Å². The Morgan fingerprint density at radius 1 is 1.17 bits per heavy atom. The Labute approximate surface area is 112 Å². The molecule has 0 bridgehead atoms.